The van der Waals surface area contributed by atoms with Crippen molar-refractivity contribution in [2.24, 2.45) is 17.8 Å². The van der Waals surface area contributed by atoms with E-state index in [0.29, 0.717) is 31.9 Å². The quantitative estimate of drug-likeness (QED) is 0.0850. The molecule has 16 heteroatoms. The third kappa shape index (κ3) is 9.84. The van der Waals surface area contributed by atoms with Crippen LogP contribution in [0.5, 0.6) is 0 Å². The molecule has 7 rings (SSSR count). The predicted octanol–water partition coefficient (Wildman–Crippen LogP) is 6.74. The number of imidazole rings is 2. The zero-order valence-corrected chi connectivity index (χ0v) is 36.9. The summed E-state index contributed by atoms with van der Waals surface area (Å²) in [6.45, 7) is 10.4. The first-order valence-corrected chi connectivity index (χ1v) is 21.5. The van der Waals surface area contributed by atoms with Crippen molar-refractivity contribution in [1.29, 1.82) is 0 Å². The number of alkyl carbamates (subject to hydrolysis) is 2. The van der Waals surface area contributed by atoms with Crippen LogP contribution in [0.2, 0.25) is 0 Å². The molecule has 3 aromatic carbocycles. The van der Waals surface area contributed by atoms with Gasteiger partial charge in [-0.05, 0) is 76.6 Å². The fourth-order valence-electron chi connectivity index (χ4n) is 8.67. The molecule has 63 heavy (non-hydrogen) atoms. The highest BCUT2D eigenvalue weighted by Gasteiger charge is 2.42. The number of carbonyl (C=O) groups is 5. The van der Waals surface area contributed by atoms with Crippen molar-refractivity contribution in [3.05, 3.63) is 84.7 Å². The van der Waals surface area contributed by atoms with Gasteiger partial charge < -0.3 is 45.2 Å². The first-order chi connectivity index (χ1) is 30.2. The van der Waals surface area contributed by atoms with Gasteiger partial charge in [0.25, 0.3) is 0 Å². The van der Waals surface area contributed by atoms with Gasteiger partial charge in [0.05, 0.1) is 50.1 Å². The molecule has 0 spiro atoms. The molecule has 5 unspecified atom stereocenters. The van der Waals surface area contributed by atoms with E-state index in [1.807, 2.05) is 50.9 Å². The van der Waals surface area contributed by atoms with Gasteiger partial charge in [0.2, 0.25) is 17.7 Å². The largest absolute Gasteiger partial charge is 0.453 e. The molecule has 0 bridgehead atoms. The minimum Gasteiger partial charge on any atom is -0.453 e. The average Bonchev–Trinajstić information content (AvgIpc) is 4.12. The zero-order valence-electron chi connectivity index (χ0n) is 36.9. The molecule has 5 atom stereocenters. The second kappa shape index (κ2) is 19.1. The van der Waals surface area contributed by atoms with E-state index in [4.69, 9.17) is 19.4 Å². The number of rotatable bonds is 13. The molecule has 2 fully saturated rings. The zero-order chi connectivity index (χ0) is 44.9. The van der Waals surface area contributed by atoms with Crippen molar-refractivity contribution in [1.82, 2.24) is 45.7 Å². The SMILES string of the molecule is COC(=O)NC(C(=O)N1CCCC1c1ncc(-c2ccc3cc(-c4ccc(-c5cnc(C6CC(CNC(C)=O)CN6C(=O)C(NC(=O)OC)C(C)C)[nH]5)cc4)ccc3c2)[nH]1)C(C)C. The Bertz CT molecular complexity index is 2460. The molecule has 5 N–H and O–H groups in total. The maximum Gasteiger partial charge on any atom is 0.407 e. The minimum atomic E-state index is -0.792. The standard InChI is InChI=1S/C47H57N9O7/c1-26(2)40(53-46(60)62-6)44(58)55-18-8-9-38(55)42-49-24-37(52-42)35-17-16-33-20-32(14-15-34(33)21-35)30-10-12-31(13-11-30)36-23-50-43(51-36)39-19-29(22-48-28(5)57)25-56(39)45(59)41(27(3)4)54-47(61)63-7/h10-17,20-21,23-24,26-27,29,38-41H,8-9,18-19,22,25H2,1-7H3,(H,48,57)(H,49,52)(H,50,51)(H,53,60)(H,54,61). The van der Waals surface area contributed by atoms with Gasteiger partial charge in [-0.25, -0.2) is 19.6 Å². The number of methoxy groups -OCH3 is 2. The first-order valence-electron chi connectivity index (χ1n) is 21.5. The number of carbonyl (C=O) groups excluding carboxylic acids is 5. The molecule has 2 saturated heterocycles. The van der Waals surface area contributed by atoms with Gasteiger partial charge in [-0.15, -0.1) is 0 Å². The maximum absolute atomic E-state index is 14.0. The number of hydrogen-bond acceptors (Lipinski definition) is 9. The second-order valence-corrected chi connectivity index (χ2v) is 17.2. The molecule has 5 aromatic rings. The van der Waals surface area contributed by atoms with Crippen molar-refractivity contribution < 1.29 is 33.4 Å². The highest BCUT2D eigenvalue weighted by atomic mass is 16.5. The van der Waals surface area contributed by atoms with Crippen LogP contribution in [0.1, 0.15) is 77.6 Å². The molecular weight excluding hydrogens is 803 g/mol. The van der Waals surface area contributed by atoms with Crippen LogP contribution in [0.25, 0.3) is 44.4 Å². The van der Waals surface area contributed by atoms with Crippen molar-refractivity contribution in [2.45, 2.75) is 78.0 Å². The highest BCUT2D eigenvalue weighted by molar-refractivity contribution is 5.91. The summed E-state index contributed by atoms with van der Waals surface area (Å²) in [5.74, 6) is 0.534. The second-order valence-electron chi connectivity index (χ2n) is 17.2. The lowest BCUT2D eigenvalue weighted by molar-refractivity contribution is -0.136. The summed E-state index contributed by atoms with van der Waals surface area (Å²) in [4.78, 5) is 83.4. The van der Waals surface area contributed by atoms with Gasteiger partial charge in [-0.1, -0.05) is 76.2 Å². The third-order valence-corrected chi connectivity index (χ3v) is 12.1. The molecule has 0 radical (unpaired) electrons. The average molecular weight is 860 g/mol. The summed E-state index contributed by atoms with van der Waals surface area (Å²) in [6, 6.07) is 18.8. The molecule has 0 aliphatic carbocycles. The molecule has 5 amide bonds. The van der Waals surface area contributed by atoms with E-state index in [-0.39, 0.29) is 47.6 Å². The van der Waals surface area contributed by atoms with Crippen LogP contribution in [0.4, 0.5) is 9.59 Å². The van der Waals surface area contributed by atoms with E-state index >= 15 is 0 Å². The molecule has 2 aliphatic heterocycles. The Morgan fingerprint density at radius 3 is 1.78 bits per heavy atom. The Morgan fingerprint density at radius 2 is 1.21 bits per heavy atom. The van der Waals surface area contributed by atoms with Crippen LogP contribution >= 0.6 is 0 Å². The number of aromatic amines is 2. The van der Waals surface area contributed by atoms with E-state index in [0.717, 1.165) is 63.1 Å². The highest BCUT2D eigenvalue weighted by Crippen LogP contribution is 2.37. The third-order valence-electron chi connectivity index (χ3n) is 12.1. The van der Waals surface area contributed by atoms with Crippen molar-refractivity contribution in [2.75, 3.05) is 33.9 Å². The van der Waals surface area contributed by atoms with Crippen LogP contribution in [-0.4, -0.2) is 106 Å². The summed E-state index contributed by atoms with van der Waals surface area (Å²) >= 11 is 0. The molecule has 16 nitrogen and oxygen atoms in total. The van der Waals surface area contributed by atoms with Gasteiger partial charge in [0.1, 0.15) is 23.7 Å². The van der Waals surface area contributed by atoms with E-state index in [2.05, 4.69) is 74.4 Å². The number of fused-ring (bicyclic) bond motifs is 1. The predicted molar refractivity (Wildman–Crippen MR) is 238 cm³/mol. The van der Waals surface area contributed by atoms with Gasteiger partial charge in [0, 0.05) is 32.1 Å². The summed E-state index contributed by atoms with van der Waals surface area (Å²) < 4.78 is 9.57. The topological polar surface area (TPSA) is 204 Å². The van der Waals surface area contributed by atoms with Crippen molar-refractivity contribution >= 4 is 40.7 Å². The normalized spacial score (nSPS) is 18.4. The maximum atomic E-state index is 14.0. The monoisotopic (exact) mass is 859 g/mol. The van der Waals surface area contributed by atoms with Gasteiger partial charge in [-0.3, -0.25) is 14.4 Å². The van der Waals surface area contributed by atoms with E-state index in [9.17, 15) is 24.0 Å². The smallest absolute Gasteiger partial charge is 0.407 e. The molecular formula is C47H57N9O7. The first kappa shape index (κ1) is 44.3. The van der Waals surface area contributed by atoms with Crippen LogP contribution in [-0.2, 0) is 23.9 Å². The fraction of sp³-hybridized carbons (Fsp3) is 0.426. The van der Waals surface area contributed by atoms with Crippen LogP contribution in [0.15, 0.2) is 73.1 Å². The number of H-pyrrole nitrogens is 2. The summed E-state index contributed by atoms with van der Waals surface area (Å²) in [6.07, 6.45) is 4.48. The number of aromatic nitrogens is 4. The number of amides is 5. The Hall–Kier alpha value is -6.71. The van der Waals surface area contributed by atoms with Gasteiger partial charge in [-0.2, -0.15) is 0 Å². The number of benzene rings is 3. The molecule has 4 heterocycles. The number of nitrogens with one attached hydrogen (secondary N) is 5. The Balaban J connectivity index is 1.04. The number of ether oxygens (including phenoxy) is 2. The number of hydrogen-bond donors (Lipinski definition) is 5. The Kier molecular flexibility index (Phi) is 13.5. The molecule has 332 valence electrons. The lowest BCUT2D eigenvalue weighted by Gasteiger charge is -2.30. The van der Waals surface area contributed by atoms with Gasteiger partial charge >= 0.3 is 12.2 Å². The van der Waals surface area contributed by atoms with E-state index in [1.54, 1.807) is 11.1 Å². The van der Waals surface area contributed by atoms with E-state index in [1.165, 1.54) is 21.1 Å². The van der Waals surface area contributed by atoms with Crippen molar-refractivity contribution in [3.63, 3.8) is 0 Å². The molecule has 2 aromatic heterocycles. The lowest BCUT2D eigenvalue weighted by atomic mass is 9.98. The fourth-order valence-corrected chi connectivity index (χ4v) is 8.67. The number of nitrogens with zero attached hydrogens (tertiary/aromatic N) is 4. The number of likely N-dealkylation sites (tertiary alicyclic amines) is 2. The van der Waals surface area contributed by atoms with Crippen LogP contribution in [0.3, 0.4) is 0 Å². The van der Waals surface area contributed by atoms with E-state index < -0.39 is 24.3 Å². The lowest BCUT2D eigenvalue weighted by Crippen LogP contribution is -2.51. The van der Waals surface area contributed by atoms with Crippen molar-refractivity contribution in [3.8, 4) is 33.6 Å². The molecule has 0 saturated carbocycles. The summed E-state index contributed by atoms with van der Waals surface area (Å²) in [5, 5.41) is 10.4. The van der Waals surface area contributed by atoms with Gasteiger partial charge in [0.15, 0.2) is 0 Å². The van der Waals surface area contributed by atoms with Crippen LogP contribution < -0.4 is 16.0 Å². The van der Waals surface area contributed by atoms with Crippen LogP contribution in [0, 0.1) is 17.8 Å². The minimum absolute atomic E-state index is 0.00275. The summed E-state index contributed by atoms with van der Waals surface area (Å²) in [5.41, 5.74) is 5.68. The summed E-state index contributed by atoms with van der Waals surface area (Å²) in [7, 11) is 2.55. The molecule has 2 aliphatic rings. The Labute approximate surface area is 366 Å². The Morgan fingerprint density at radius 1 is 0.698 bits per heavy atom.